The van der Waals surface area contributed by atoms with Gasteiger partial charge in [0.25, 0.3) is 0 Å². The maximum Gasteiger partial charge on any atom is 0.0558 e. The maximum atomic E-state index is 9.19. The van der Waals surface area contributed by atoms with Gasteiger partial charge in [0.1, 0.15) is 0 Å². The summed E-state index contributed by atoms with van der Waals surface area (Å²) in [5.74, 6) is 0. The highest BCUT2D eigenvalue weighted by atomic mass is 16.3. The molecule has 0 bridgehead atoms. The monoisotopic (exact) mass is 261 g/mol. The molecule has 1 aromatic carbocycles. The molecule has 0 aromatic heterocycles. The molecule has 106 valence electrons. The van der Waals surface area contributed by atoms with Gasteiger partial charge in [-0.1, -0.05) is 51.5 Å². The zero-order valence-electron chi connectivity index (χ0n) is 12.5. The van der Waals surface area contributed by atoms with Gasteiger partial charge < -0.3 is 5.11 Å². The van der Waals surface area contributed by atoms with Crippen LogP contribution in [0.2, 0.25) is 0 Å². The molecular weight excluding hydrogens is 234 g/mol. The molecule has 2 rings (SSSR count). The second-order valence-electron chi connectivity index (χ2n) is 6.73. The number of aliphatic hydroxyl groups excluding tert-OH is 1. The van der Waals surface area contributed by atoms with Crippen LogP contribution in [-0.4, -0.2) is 29.2 Å². The Hall–Kier alpha value is -0.860. The van der Waals surface area contributed by atoms with Crippen LogP contribution in [0.4, 0.5) is 0 Å². The SMILES string of the molecule is CC(C)(C)c1ccc(CN(CCO)C2CCC2)cc1. The Kier molecular flexibility index (Phi) is 4.64. The smallest absolute Gasteiger partial charge is 0.0558 e. The van der Waals surface area contributed by atoms with Gasteiger partial charge in [-0.15, -0.1) is 0 Å². The molecule has 0 aliphatic heterocycles. The summed E-state index contributed by atoms with van der Waals surface area (Å²) in [7, 11) is 0. The van der Waals surface area contributed by atoms with Gasteiger partial charge >= 0.3 is 0 Å². The van der Waals surface area contributed by atoms with Crippen LogP contribution in [0.1, 0.15) is 51.2 Å². The molecule has 1 saturated carbocycles. The number of benzene rings is 1. The van der Waals surface area contributed by atoms with Gasteiger partial charge in [-0.2, -0.15) is 0 Å². The first-order valence-corrected chi connectivity index (χ1v) is 7.45. The van der Waals surface area contributed by atoms with Crippen molar-refractivity contribution in [2.45, 2.75) is 58.0 Å². The van der Waals surface area contributed by atoms with E-state index in [-0.39, 0.29) is 12.0 Å². The van der Waals surface area contributed by atoms with Crippen LogP contribution < -0.4 is 0 Å². The Morgan fingerprint density at radius 3 is 2.21 bits per heavy atom. The first-order valence-electron chi connectivity index (χ1n) is 7.45. The molecule has 2 nitrogen and oxygen atoms in total. The van der Waals surface area contributed by atoms with Crippen LogP contribution in [0.15, 0.2) is 24.3 Å². The van der Waals surface area contributed by atoms with E-state index in [9.17, 15) is 5.11 Å². The molecule has 0 amide bonds. The standard InChI is InChI=1S/C17H27NO/c1-17(2,3)15-9-7-14(8-10-15)13-18(11-12-19)16-5-4-6-16/h7-10,16,19H,4-6,11-13H2,1-3H3. The molecule has 0 radical (unpaired) electrons. The lowest BCUT2D eigenvalue weighted by Gasteiger charge is -2.37. The summed E-state index contributed by atoms with van der Waals surface area (Å²) < 4.78 is 0. The summed E-state index contributed by atoms with van der Waals surface area (Å²) in [4.78, 5) is 2.43. The Labute approximate surface area is 117 Å². The van der Waals surface area contributed by atoms with Crippen molar-refractivity contribution in [1.29, 1.82) is 0 Å². The van der Waals surface area contributed by atoms with Crippen molar-refractivity contribution >= 4 is 0 Å². The van der Waals surface area contributed by atoms with E-state index in [1.165, 1.54) is 30.4 Å². The zero-order valence-corrected chi connectivity index (χ0v) is 12.5. The summed E-state index contributed by atoms with van der Waals surface area (Å²) in [5.41, 5.74) is 2.96. The van der Waals surface area contributed by atoms with E-state index >= 15 is 0 Å². The fourth-order valence-corrected chi connectivity index (χ4v) is 2.62. The molecule has 1 N–H and O–H groups in total. The second-order valence-corrected chi connectivity index (χ2v) is 6.73. The second kappa shape index (κ2) is 6.06. The van der Waals surface area contributed by atoms with E-state index < -0.39 is 0 Å². The Balaban J connectivity index is 2.00. The lowest BCUT2D eigenvalue weighted by Crippen LogP contribution is -2.41. The van der Waals surface area contributed by atoms with Crippen LogP contribution in [0.25, 0.3) is 0 Å². The minimum Gasteiger partial charge on any atom is -0.395 e. The molecule has 1 aliphatic carbocycles. The van der Waals surface area contributed by atoms with Crippen molar-refractivity contribution in [3.8, 4) is 0 Å². The van der Waals surface area contributed by atoms with Gasteiger partial charge in [0.2, 0.25) is 0 Å². The van der Waals surface area contributed by atoms with E-state index in [2.05, 4.69) is 49.9 Å². The largest absolute Gasteiger partial charge is 0.395 e. The van der Waals surface area contributed by atoms with Gasteiger partial charge in [-0.05, 0) is 29.4 Å². The van der Waals surface area contributed by atoms with Crippen LogP contribution in [0, 0.1) is 0 Å². The fourth-order valence-electron chi connectivity index (χ4n) is 2.62. The molecule has 2 heteroatoms. The molecular formula is C17H27NO. The molecule has 0 spiro atoms. The van der Waals surface area contributed by atoms with Crippen molar-refractivity contribution in [3.05, 3.63) is 35.4 Å². The third-order valence-corrected chi connectivity index (χ3v) is 4.18. The van der Waals surface area contributed by atoms with E-state index in [0.29, 0.717) is 6.04 Å². The lowest BCUT2D eigenvalue weighted by atomic mass is 9.86. The average molecular weight is 261 g/mol. The molecule has 19 heavy (non-hydrogen) atoms. The maximum absolute atomic E-state index is 9.19. The summed E-state index contributed by atoms with van der Waals surface area (Å²) in [6.45, 7) is 8.76. The highest BCUT2D eigenvalue weighted by molar-refractivity contribution is 5.27. The molecule has 0 unspecified atom stereocenters. The number of hydrogen-bond donors (Lipinski definition) is 1. The minimum absolute atomic E-state index is 0.220. The third kappa shape index (κ3) is 3.80. The molecule has 1 fully saturated rings. The zero-order chi connectivity index (χ0) is 13.9. The Morgan fingerprint density at radius 2 is 1.79 bits per heavy atom. The third-order valence-electron chi connectivity index (χ3n) is 4.18. The normalized spacial score (nSPS) is 16.7. The van der Waals surface area contributed by atoms with Crippen molar-refractivity contribution < 1.29 is 5.11 Å². The van der Waals surface area contributed by atoms with Gasteiger partial charge in [-0.3, -0.25) is 4.90 Å². The summed E-state index contributed by atoms with van der Waals surface area (Å²) in [6.07, 6.45) is 3.93. The number of hydrogen-bond acceptors (Lipinski definition) is 2. The van der Waals surface area contributed by atoms with Crippen LogP contribution in [0.5, 0.6) is 0 Å². The lowest BCUT2D eigenvalue weighted by molar-refractivity contribution is 0.0945. The highest BCUT2D eigenvalue weighted by Gasteiger charge is 2.24. The van der Waals surface area contributed by atoms with Crippen molar-refractivity contribution in [3.63, 3.8) is 0 Å². The van der Waals surface area contributed by atoms with Gasteiger partial charge in [0, 0.05) is 19.1 Å². The quantitative estimate of drug-likeness (QED) is 0.879. The Morgan fingerprint density at radius 1 is 1.16 bits per heavy atom. The Bertz CT molecular complexity index is 387. The highest BCUT2D eigenvalue weighted by Crippen LogP contribution is 2.27. The molecule has 0 saturated heterocycles. The van der Waals surface area contributed by atoms with Crippen LogP contribution >= 0.6 is 0 Å². The molecule has 0 heterocycles. The van der Waals surface area contributed by atoms with Crippen molar-refractivity contribution in [2.24, 2.45) is 0 Å². The topological polar surface area (TPSA) is 23.5 Å². The first kappa shape index (κ1) is 14.5. The summed E-state index contributed by atoms with van der Waals surface area (Å²) in [5, 5.41) is 9.19. The predicted octanol–water partition coefficient (Wildman–Crippen LogP) is 3.33. The van der Waals surface area contributed by atoms with Gasteiger partial charge in [-0.25, -0.2) is 0 Å². The van der Waals surface area contributed by atoms with Gasteiger partial charge in [0.15, 0.2) is 0 Å². The number of aliphatic hydroxyl groups is 1. The number of rotatable bonds is 5. The van der Waals surface area contributed by atoms with Crippen molar-refractivity contribution in [2.75, 3.05) is 13.2 Å². The van der Waals surface area contributed by atoms with E-state index in [0.717, 1.165) is 13.1 Å². The van der Waals surface area contributed by atoms with Crippen LogP contribution in [-0.2, 0) is 12.0 Å². The number of nitrogens with zero attached hydrogens (tertiary/aromatic N) is 1. The van der Waals surface area contributed by atoms with Crippen LogP contribution in [0.3, 0.4) is 0 Å². The van der Waals surface area contributed by atoms with E-state index in [4.69, 9.17) is 0 Å². The van der Waals surface area contributed by atoms with E-state index in [1.54, 1.807) is 0 Å². The van der Waals surface area contributed by atoms with E-state index in [1.807, 2.05) is 0 Å². The molecule has 1 aromatic rings. The fraction of sp³-hybridized carbons (Fsp3) is 0.647. The average Bonchev–Trinajstić information content (AvgIpc) is 2.26. The summed E-state index contributed by atoms with van der Waals surface area (Å²) >= 11 is 0. The molecule has 1 aliphatic rings. The van der Waals surface area contributed by atoms with Crippen molar-refractivity contribution in [1.82, 2.24) is 4.90 Å². The first-order chi connectivity index (χ1) is 9.00. The minimum atomic E-state index is 0.220. The predicted molar refractivity (Wildman–Crippen MR) is 80.3 cm³/mol. The van der Waals surface area contributed by atoms with Gasteiger partial charge in [0.05, 0.1) is 6.61 Å². The summed E-state index contributed by atoms with van der Waals surface area (Å²) in [6, 6.07) is 9.66. The molecule has 0 atom stereocenters.